The van der Waals surface area contributed by atoms with Crippen molar-refractivity contribution in [3.05, 3.63) is 69.4 Å². The monoisotopic (exact) mass is 409 g/mol. The molecule has 7 heteroatoms. The van der Waals surface area contributed by atoms with E-state index in [4.69, 9.17) is 4.74 Å². The first-order valence-electron chi connectivity index (χ1n) is 10.1. The summed E-state index contributed by atoms with van der Waals surface area (Å²) in [7, 11) is 1.55. The maximum atomic E-state index is 13.5. The number of methoxy groups -OCH3 is 1. The number of benzene rings is 2. The molecule has 3 aromatic rings. The minimum atomic E-state index is -0.730. The van der Waals surface area contributed by atoms with Crippen molar-refractivity contribution in [1.82, 2.24) is 14.5 Å². The number of nitrogens with zero attached hydrogens (tertiary/aromatic N) is 2. The fourth-order valence-corrected chi connectivity index (χ4v) is 3.45. The lowest BCUT2D eigenvalue weighted by molar-refractivity contribution is -0.124. The van der Waals surface area contributed by atoms with Crippen molar-refractivity contribution in [2.45, 2.75) is 33.2 Å². The normalized spacial score (nSPS) is 12.2. The molecular formula is C23H27N3O4. The SMILES string of the molecule is CCC(C(=O)NCC(C)C)n1c(=O)n(-c2ccc(OC)cc2)c(=O)c2ccccc21. The summed E-state index contributed by atoms with van der Waals surface area (Å²) in [5, 5.41) is 3.29. The summed E-state index contributed by atoms with van der Waals surface area (Å²) in [6.45, 7) is 6.38. The zero-order valence-electron chi connectivity index (χ0n) is 17.7. The van der Waals surface area contributed by atoms with Crippen LogP contribution in [0.4, 0.5) is 0 Å². The van der Waals surface area contributed by atoms with Gasteiger partial charge in [0.15, 0.2) is 0 Å². The van der Waals surface area contributed by atoms with E-state index in [0.717, 1.165) is 4.57 Å². The van der Waals surface area contributed by atoms with Crippen LogP contribution in [-0.2, 0) is 4.79 Å². The van der Waals surface area contributed by atoms with Gasteiger partial charge in [-0.25, -0.2) is 9.36 Å². The topological polar surface area (TPSA) is 82.3 Å². The van der Waals surface area contributed by atoms with Crippen LogP contribution in [0.2, 0.25) is 0 Å². The average molecular weight is 409 g/mol. The zero-order valence-corrected chi connectivity index (χ0v) is 17.7. The number of amides is 1. The van der Waals surface area contributed by atoms with Crippen LogP contribution >= 0.6 is 0 Å². The number of rotatable bonds is 7. The Morgan fingerprint density at radius 2 is 1.73 bits per heavy atom. The van der Waals surface area contributed by atoms with Gasteiger partial charge in [0.2, 0.25) is 5.91 Å². The van der Waals surface area contributed by atoms with Gasteiger partial charge in [-0.1, -0.05) is 32.9 Å². The van der Waals surface area contributed by atoms with Crippen molar-refractivity contribution < 1.29 is 9.53 Å². The third-order valence-corrected chi connectivity index (χ3v) is 5.01. The van der Waals surface area contributed by atoms with E-state index in [1.54, 1.807) is 55.6 Å². The van der Waals surface area contributed by atoms with E-state index in [9.17, 15) is 14.4 Å². The number of ether oxygens (including phenoxy) is 1. The van der Waals surface area contributed by atoms with Crippen molar-refractivity contribution in [1.29, 1.82) is 0 Å². The maximum Gasteiger partial charge on any atom is 0.336 e. The highest BCUT2D eigenvalue weighted by Crippen LogP contribution is 2.18. The molecule has 0 saturated carbocycles. The number of fused-ring (bicyclic) bond motifs is 1. The average Bonchev–Trinajstić information content (AvgIpc) is 2.75. The molecule has 0 saturated heterocycles. The molecule has 2 aromatic carbocycles. The van der Waals surface area contributed by atoms with Gasteiger partial charge in [0.1, 0.15) is 11.8 Å². The molecule has 1 heterocycles. The Balaban J connectivity index is 2.26. The molecule has 1 N–H and O–H groups in total. The van der Waals surface area contributed by atoms with Crippen LogP contribution in [0.3, 0.4) is 0 Å². The Kier molecular flexibility index (Phi) is 6.40. The first kappa shape index (κ1) is 21.4. The zero-order chi connectivity index (χ0) is 21.8. The maximum absolute atomic E-state index is 13.5. The van der Waals surface area contributed by atoms with E-state index in [1.165, 1.54) is 4.57 Å². The van der Waals surface area contributed by atoms with Gasteiger partial charge in [0, 0.05) is 6.54 Å². The second kappa shape index (κ2) is 8.98. The van der Waals surface area contributed by atoms with Crippen molar-refractivity contribution >= 4 is 16.8 Å². The summed E-state index contributed by atoms with van der Waals surface area (Å²) in [5.74, 6) is 0.666. The van der Waals surface area contributed by atoms with E-state index in [2.05, 4.69) is 5.32 Å². The second-order valence-electron chi connectivity index (χ2n) is 7.57. The molecule has 1 amide bonds. The first-order valence-corrected chi connectivity index (χ1v) is 10.1. The molecule has 1 unspecified atom stereocenters. The lowest BCUT2D eigenvalue weighted by Gasteiger charge is -2.22. The van der Waals surface area contributed by atoms with Gasteiger partial charge >= 0.3 is 5.69 Å². The first-order chi connectivity index (χ1) is 14.4. The van der Waals surface area contributed by atoms with Gasteiger partial charge in [0.05, 0.1) is 23.7 Å². The molecule has 1 atom stereocenters. The van der Waals surface area contributed by atoms with Gasteiger partial charge in [-0.15, -0.1) is 0 Å². The summed E-state index contributed by atoms with van der Waals surface area (Å²) < 4.78 is 7.71. The highest BCUT2D eigenvalue weighted by Gasteiger charge is 2.25. The number of hydrogen-bond acceptors (Lipinski definition) is 4. The fourth-order valence-electron chi connectivity index (χ4n) is 3.45. The van der Waals surface area contributed by atoms with Crippen molar-refractivity contribution in [3.8, 4) is 11.4 Å². The van der Waals surface area contributed by atoms with E-state index in [0.29, 0.717) is 35.3 Å². The molecule has 0 aliphatic heterocycles. The quantitative estimate of drug-likeness (QED) is 0.651. The van der Waals surface area contributed by atoms with Crippen LogP contribution in [0.5, 0.6) is 5.75 Å². The predicted molar refractivity (Wildman–Crippen MR) is 118 cm³/mol. The van der Waals surface area contributed by atoms with Gasteiger partial charge in [-0.3, -0.25) is 14.2 Å². The molecule has 1 aromatic heterocycles. The molecule has 7 nitrogen and oxygen atoms in total. The molecule has 30 heavy (non-hydrogen) atoms. The standard InChI is InChI=1S/C23H27N3O4/c1-5-19(21(27)24-14-15(2)3)26-20-9-7-6-8-18(20)22(28)25(23(26)29)16-10-12-17(30-4)13-11-16/h6-13,15,19H,5,14H2,1-4H3,(H,24,27). The smallest absolute Gasteiger partial charge is 0.336 e. The third-order valence-electron chi connectivity index (χ3n) is 5.01. The summed E-state index contributed by atoms with van der Waals surface area (Å²) in [4.78, 5) is 39.6. The minimum Gasteiger partial charge on any atom is -0.497 e. The van der Waals surface area contributed by atoms with Crippen molar-refractivity contribution in [3.63, 3.8) is 0 Å². The van der Waals surface area contributed by atoms with Crippen molar-refractivity contribution in [2.24, 2.45) is 5.92 Å². The van der Waals surface area contributed by atoms with Gasteiger partial charge in [-0.05, 0) is 48.7 Å². The Hall–Kier alpha value is -3.35. The Morgan fingerprint density at radius 1 is 1.07 bits per heavy atom. The lowest BCUT2D eigenvalue weighted by atomic mass is 10.1. The van der Waals surface area contributed by atoms with E-state index in [1.807, 2.05) is 20.8 Å². The van der Waals surface area contributed by atoms with Gasteiger partial charge in [0.25, 0.3) is 5.56 Å². The highest BCUT2D eigenvalue weighted by molar-refractivity contribution is 5.84. The summed E-state index contributed by atoms with van der Waals surface area (Å²) in [6.07, 6.45) is 0.411. The summed E-state index contributed by atoms with van der Waals surface area (Å²) >= 11 is 0. The number of aromatic nitrogens is 2. The summed E-state index contributed by atoms with van der Waals surface area (Å²) in [6, 6.07) is 12.8. The van der Waals surface area contributed by atoms with Crippen LogP contribution in [0.25, 0.3) is 16.6 Å². The molecule has 0 bridgehead atoms. The molecular weight excluding hydrogens is 382 g/mol. The van der Waals surface area contributed by atoms with E-state index in [-0.39, 0.29) is 11.8 Å². The molecule has 158 valence electrons. The Morgan fingerprint density at radius 3 is 2.33 bits per heavy atom. The van der Waals surface area contributed by atoms with Crippen LogP contribution < -0.4 is 21.3 Å². The van der Waals surface area contributed by atoms with E-state index >= 15 is 0 Å². The molecule has 0 fully saturated rings. The second-order valence-corrected chi connectivity index (χ2v) is 7.57. The highest BCUT2D eigenvalue weighted by atomic mass is 16.5. The van der Waals surface area contributed by atoms with Gasteiger partial charge in [-0.2, -0.15) is 0 Å². The van der Waals surface area contributed by atoms with Crippen molar-refractivity contribution in [2.75, 3.05) is 13.7 Å². The lowest BCUT2D eigenvalue weighted by Crippen LogP contribution is -2.44. The van der Waals surface area contributed by atoms with E-state index < -0.39 is 17.3 Å². The number of hydrogen-bond donors (Lipinski definition) is 1. The van der Waals surface area contributed by atoms with Crippen LogP contribution in [0.1, 0.15) is 33.2 Å². The number of para-hydroxylation sites is 1. The molecule has 0 spiro atoms. The number of carbonyl (C=O) groups is 1. The largest absolute Gasteiger partial charge is 0.497 e. The molecule has 0 radical (unpaired) electrons. The Labute approximate surface area is 174 Å². The van der Waals surface area contributed by atoms with Gasteiger partial charge < -0.3 is 10.1 Å². The predicted octanol–water partition coefficient (Wildman–Crippen LogP) is 2.88. The van der Waals surface area contributed by atoms with Crippen LogP contribution in [0.15, 0.2) is 58.1 Å². The fraction of sp³-hybridized carbons (Fsp3) is 0.348. The molecule has 0 aliphatic rings. The van der Waals surface area contributed by atoms with Crippen LogP contribution in [-0.4, -0.2) is 28.7 Å². The number of nitrogens with one attached hydrogen (secondary N) is 1. The summed E-state index contributed by atoms with van der Waals surface area (Å²) in [5.41, 5.74) is -0.101. The molecule has 3 rings (SSSR count). The van der Waals surface area contributed by atoms with Crippen LogP contribution in [0, 0.1) is 5.92 Å². The number of carbonyl (C=O) groups excluding carboxylic acids is 1. The minimum absolute atomic E-state index is 0.238. The third kappa shape index (κ3) is 4.01. The Bertz CT molecular complexity index is 1160. The molecule has 0 aliphatic carbocycles.